The lowest BCUT2D eigenvalue weighted by Gasteiger charge is -2.00. The molecular formula is C23H16FN5O2S. The first-order valence-electron chi connectivity index (χ1n) is 9.72. The molecular weight excluding hydrogens is 429 g/mol. The van der Waals surface area contributed by atoms with Crippen molar-refractivity contribution in [2.75, 3.05) is 0 Å². The van der Waals surface area contributed by atoms with Crippen molar-refractivity contribution in [3.05, 3.63) is 87.6 Å². The Morgan fingerprint density at radius 1 is 1.06 bits per heavy atom. The Labute approximate surface area is 185 Å². The van der Waals surface area contributed by atoms with Gasteiger partial charge in [-0.1, -0.05) is 18.2 Å². The second-order valence-corrected chi connectivity index (χ2v) is 7.94. The highest BCUT2D eigenvalue weighted by atomic mass is 32.1. The van der Waals surface area contributed by atoms with E-state index in [1.165, 1.54) is 23.5 Å². The van der Waals surface area contributed by atoms with E-state index in [1.807, 2.05) is 32.0 Å². The van der Waals surface area contributed by atoms with E-state index in [4.69, 9.17) is 4.42 Å². The van der Waals surface area contributed by atoms with Gasteiger partial charge in [-0.05, 0) is 50.2 Å². The maximum Gasteiger partial charge on any atom is 0.345 e. The second kappa shape index (κ2) is 7.93. The Kier molecular flexibility index (Phi) is 4.95. The van der Waals surface area contributed by atoms with Crippen LogP contribution >= 0.6 is 11.3 Å². The van der Waals surface area contributed by atoms with E-state index < -0.39 is 5.63 Å². The molecule has 3 heterocycles. The molecule has 0 fully saturated rings. The number of hydrogen-bond acceptors (Lipinski definition) is 7. The van der Waals surface area contributed by atoms with E-state index in [-0.39, 0.29) is 5.82 Å². The lowest BCUT2D eigenvalue weighted by molar-refractivity contribution is 0.563. The van der Waals surface area contributed by atoms with Crippen LogP contribution in [0.2, 0.25) is 0 Å². The molecule has 0 aliphatic rings. The van der Waals surface area contributed by atoms with E-state index in [9.17, 15) is 9.18 Å². The number of aromatic nitrogens is 3. The van der Waals surface area contributed by atoms with Crippen molar-refractivity contribution in [2.24, 2.45) is 10.2 Å². The molecule has 3 aromatic heterocycles. The fourth-order valence-electron chi connectivity index (χ4n) is 3.31. The molecule has 0 saturated carbocycles. The maximum atomic E-state index is 13.1. The van der Waals surface area contributed by atoms with Gasteiger partial charge in [-0.25, -0.2) is 18.9 Å². The third-order valence-electron chi connectivity index (χ3n) is 4.94. The summed E-state index contributed by atoms with van der Waals surface area (Å²) in [6, 6.07) is 14.9. The fourth-order valence-corrected chi connectivity index (χ4v) is 4.13. The molecule has 9 heteroatoms. The number of rotatable bonds is 4. The van der Waals surface area contributed by atoms with Gasteiger partial charge in [-0.3, -0.25) is 0 Å². The number of halogens is 1. The van der Waals surface area contributed by atoms with Gasteiger partial charge in [0.25, 0.3) is 0 Å². The monoisotopic (exact) mass is 445 g/mol. The largest absolute Gasteiger partial charge is 0.422 e. The van der Waals surface area contributed by atoms with Crippen LogP contribution in [0.4, 0.5) is 15.8 Å². The van der Waals surface area contributed by atoms with Gasteiger partial charge in [0.2, 0.25) is 5.13 Å². The third kappa shape index (κ3) is 3.63. The number of hydrogen-bond donors (Lipinski definition) is 0. The van der Waals surface area contributed by atoms with E-state index in [0.29, 0.717) is 39.0 Å². The van der Waals surface area contributed by atoms with Crippen molar-refractivity contribution in [2.45, 2.75) is 13.8 Å². The highest BCUT2D eigenvalue weighted by molar-refractivity contribution is 7.12. The molecule has 0 bridgehead atoms. The third-order valence-corrected chi connectivity index (χ3v) is 5.75. The summed E-state index contributed by atoms with van der Waals surface area (Å²) in [4.78, 5) is 17.1. The Morgan fingerprint density at radius 3 is 2.66 bits per heavy atom. The summed E-state index contributed by atoms with van der Waals surface area (Å²) in [7, 11) is 0. The van der Waals surface area contributed by atoms with Crippen LogP contribution in [0.1, 0.15) is 11.4 Å². The fraction of sp³-hybridized carbons (Fsp3) is 0.0870. The average Bonchev–Trinajstić information content (AvgIpc) is 3.38. The molecule has 0 aliphatic carbocycles. The minimum absolute atomic E-state index is 0.329. The van der Waals surface area contributed by atoms with Crippen LogP contribution in [-0.4, -0.2) is 14.8 Å². The Morgan fingerprint density at radius 2 is 1.84 bits per heavy atom. The molecule has 0 amide bonds. The first kappa shape index (κ1) is 20.0. The standard InChI is InChI=1S/C23H16FN5O2S/c1-13-21(27-26-17-9-7-16(24)8-10-17)14(2)29(28-13)23-25-19(12-32-23)18-11-15-5-3-4-6-20(15)31-22(18)30/h3-12H,1-2H3. The van der Waals surface area contributed by atoms with Crippen LogP contribution in [-0.2, 0) is 0 Å². The Bertz CT molecular complexity index is 1530. The van der Waals surface area contributed by atoms with Crippen molar-refractivity contribution in [3.8, 4) is 16.4 Å². The smallest absolute Gasteiger partial charge is 0.345 e. The zero-order valence-corrected chi connectivity index (χ0v) is 17.9. The lowest BCUT2D eigenvalue weighted by Crippen LogP contribution is -2.03. The van der Waals surface area contributed by atoms with Crippen molar-refractivity contribution in [1.29, 1.82) is 0 Å². The normalized spacial score (nSPS) is 11.6. The van der Waals surface area contributed by atoms with Gasteiger partial charge < -0.3 is 4.42 Å². The van der Waals surface area contributed by atoms with E-state index in [1.54, 1.807) is 34.3 Å². The topological polar surface area (TPSA) is 85.6 Å². The minimum Gasteiger partial charge on any atom is -0.422 e. The van der Waals surface area contributed by atoms with Crippen LogP contribution in [0.5, 0.6) is 0 Å². The highest BCUT2D eigenvalue weighted by Gasteiger charge is 2.17. The van der Waals surface area contributed by atoms with Crippen molar-refractivity contribution in [3.63, 3.8) is 0 Å². The lowest BCUT2D eigenvalue weighted by atomic mass is 10.1. The molecule has 5 aromatic rings. The van der Waals surface area contributed by atoms with Gasteiger partial charge >= 0.3 is 5.63 Å². The molecule has 158 valence electrons. The summed E-state index contributed by atoms with van der Waals surface area (Å²) >= 11 is 1.36. The van der Waals surface area contributed by atoms with E-state index in [0.717, 1.165) is 11.1 Å². The molecule has 32 heavy (non-hydrogen) atoms. The minimum atomic E-state index is -0.442. The maximum absolute atomic E-state index is 13.1. The molecule has 0 unspecified atom stereocenters. The summed E-state index contributed by atoms with van der Waals surface area (Å²) in [6.07, 6.45) is 0. The van der Waals surface area contributed by atoms with Gasteiger partial charge in [0.05, 0.1) is 28.3 Å². The molecule has 0 radical (unpaired) electrons. The molecule has 7 nitrogen and oxygen atoms in total. The molecule has 2 aromatic carbocycles. The number of para-hydroxylation sites is 1. The van der Waals surface area contributed by atoms with Crippen molar-refractivity contribution < 1.29 is 8.81 Å². The summed E-state index contributed by atoms with van der Waals surface area (Å²) in [6.45, 7) is 3.69. The molecule has 0 spiro atoms. The van der Waals surface area contributed by atoms with Crippen molar-refractivity contribution >= 4 is 33.7 Å². The molecule has 0 atom stereocenters. The summed E-state index contributed by atoms with van der Waals surface area (Å²) in [5.41, 5.74) is 3.58. The summed E-state index contributed by atoms with van der Waals surface area (Å²) in [5, 5.41) is 16.2. The SMILES string of the molecule is Cc1nn(-c2nc(-c3cc4ccccc4oc3=O)cs2)c(C)c1N=Nc1ccc(F)cc1. The van der Waals surface area contributed by atoms with Gasteiger partial charge in [0.1, 0.15) is 17.1 Å². The van der Waals surface area contributed by atoms with Gasteiger partial charge in [-0.2, -0.15) is 10.2 Å². The average molecular weight is 445 g/mol. The van der Waals surface area contributed by atoms with Crippen molar-refractivity contribution in [1.82, 2.24) is 14.8 Å². The summed E-state index contributed by atoms with van der Waals surface area (Å²) in [5.74, 6) is -0.329. The van der Waals surface area contributed by atoms with Crippen LogP contribution in [0.15, 0.2) is 79.4 Å². The first-order valence-corrected chi connectivity index (χ1v) is 10.6. The number of azo groups is 1. The number of thiazole rings is 1. The predicted octanol–water partition coefficient (Wildman–Crippen LogP) is 6.27. The van der Waals surface area contributed by atoms with Crippen LogP contribution in [0.3, 0.4) is 0 Å². The molecule has 0 aliphatic heterocycles. The summed E-state index contributed by atoms with van der Waals surface area (Å²) < 4.78 is 20.2. The number of fused-ring (bicyclic) bond motifs is 1. The van der Waals surface area contributed by atoms with Crippen LogP contribution < -0.4 is 5.63 Å². The van der Waals surface area contributed by atoms with Gasteiger partial charge in [-0.15, -0.1) is 16.5 Å². The second-order valence-electron chi connectivity index (χ2n) is 7.11. The van der Waals surface area contributed by atoms with Gasteiger partial charge in [0, 0.05) is 10.8 Å². The zero-order valence-electron chi connectivity index (χ0n) is 17.1. The quantitative estimate of drug-likeness (QED) is 0.241. The molecule has 5 rings (SSSR count). The number of aryl methyl sites for hydroxylation is 1. The Hall–Kier alpha value is -3.98. The number of benzene rings is 2. The molecule has 0 saturated heterocycles. The zero-order chi connectivity index (χ0) is 22.2. The van der Waals surface area contributed by atoms with Gasteiger partial charge in [0.15, 0.2) is 0 Å². The number of nitrogens with zero attached hydrogens (tertiary/aromatic N) is 5. The van der Waals surface area contributed by atoms with Crippen LogP contribution in [0, 0.1) is 19.7 Å². The molecule has 0 N–H and O–H groups in total. The van der Waals surface area contributed by atoms with Crippen LogP contribution in [0.25, 0.3) is 27.4 Å². The Balaban J connectivity index is 1.50. The van der Waals surface area contributed by atoms with E-state index in [2.05, 4.69) is 20.3 Å². The first-order chi connectivity index (χ1) is 15.5. The van der Waals surface area contributed by atoms with E-state index >= 15 is 0 Å². The highest BCUT2D eigenvalue weighted by Crippen LogP contribution is 2.30. The predicted molar refractivity (Wildman–Crippen MR) is 121 cm³/mol.